The normalized spacial score (nSPS) is 11.8. The van der Waals surface area contributed by atoms with Crippen molar-refractivity contribution < 1.29 is 8.42 Å². The summed E-state index contributed by atoms with van der Waals surface area (Å²) in [5.74, 6) is 0. The molecule has 0 atom stereocenters. The summed E-state index contributed by atoms with van der Waals surface area (Å²) in [5.41, 5.74) is 1.88. The van der Waals surface area contributed by atoms with Gasteiger partial charge in [0.05, 0.1) is 16.8 Å². The summed E-state index contributed by atoms with van der Waals surface area (Å²) in [5, 5.41) is 8.31. The van der Waals surface area contributed by atoms with Gasteiger partial charge in [-0.15, -0.1) is 11.3 Å². The minimum atomic E-state index is -3.55. The van der Waals surface area contributed by atoms with E-state index in [0.717, 1.165) is 21.0 Å². The molecule has 0 aliphatic rings. The van der Waals surface area contributed by atoms with Crippen molar-refractivity contribution in [2.75, 3.05) is 6.54 Å². The molecule has 9 heteroatoms. The molecule has 144 valence electrons. The van der Waals surface area contributed by atoms with Crippen LogP contribution in [-0.2, 0) is 23.5 Å². The minimum absolute atomic E-state index is 0.241. The molecule has 1 N–H and O–H groups in total. The van der Waals surface area contributed by atoms with Gasteiger partial charge in [-0.25, -0.2) is 17.8 Å². The molecular formula is C19H19N5O2S2. The minimum Gasteiger partial charge on any atom is -0.275 e. The van der Waals surface area contributed by atoms with Gasteiger partial charge in [-0.1, -0.05) is 0 Å². The number of benzene rings is 1. The summed E-state index contributed by atoms with van der Waals surface area (Å²) in [7, 11) is -1.66. The predicted molar refractivity (Wildman–Crippen MR) is 109 cm³/mol. The number of nitrogens with zero attached hydrogens (tertiary/aromatic N) is 4. The van der Waals surface area contributed by atoms with E-state index in [0.29, 0.717) is 13.0 Å². The Kier molecular flexibility index (Phi) is 5.12. The summed E-state index contributed by atoms with van der Waals surface area (Å²) in [4.78, 5) is 2.49. The topological polar surface area (TPSA) is 81.8 Å². The van der Waals surface area contributed by atoms with Crippen LogP contribution in [0.5, 0.6) is 0 Å². The van der Waals surface area contributed by atoms with Crippen LogP contribution < -0.4 is 4.72 Å². The van der Waals surface area contributed by atoms with Crippen molar-refractivity contribution in [2.45, 2.75) is 11.3 Å². The molecular weight excluding hydrogens is 394 g/mol. The second kappa shape index (κ2) is 7.70. The van der Waals surface area contributed by atoms with E-state index in [-0.39, 0.29) is 4.90 Å². The third kappa shape index (κ3) is 4.06. The summed E-state index contributed by atoms with van der Waals surface area (Å²) in [6, 6.07) is 12.5. The van der Waals surface area contributed by atoms with Crippen molar-refractivity contribution in [2.24, 2.45) is 7.05 Å². The average Bonchev–Trinajstić information content (AvgIpc) is 3.43. The highest BCUT2D eigenvalue weighted by Crippen LogP contribution is 2.27. The molecule has 4 aromatic rings. The van der Waals surface area contributed by atoms with Crippen molar-refractivity contribution in [1.29, 1.82) is 0 Å². The third-order valence-electron chi connectivity index (χ3n) is 4.23. The monoisotopic (exact) mass is 413 g/mol. The lowest BCUT2D eigenvalue weighted by Crippen LogP contribution is -2.25. The number of rotatable bonds is 7. The Morgan fingerprint density at radius 2 is 1.93 bits per heavy atom. The first-order chi connectivity index (χ1) is 13.5. The van der Waals surface area contributed by atoms with Crippen molar-refractivity contribution in [3.05, 3.63) is 72.1 Å². The van der Waals surface area contributed by atoms with Crippen LogP contribution in [0, 0.1) is 0 Å². The highest BCUT2D eigenvalue weighted by Gasteiger charge is 2.14. The number of aromatic nitrogens is 4. The van der Waals surface area contributed by atoms with Crippen molar-refractivity contribution in [1.82, 2.24) is 24.3 Å². The van der Waals surface area contributed by atoms with Gasteiger partial charge in [0, 0.05) is 47.5 Å². The molecule has 3 aromatic heterocycles. The van der Waals surface area contributed by atoms with Crippen LogP contribution in [0.2, 0.25) is 0 Å². The van der Waals surface area contributed by atoms with Gasteiger partial charge >= 0.3 is 0 Å². The Balaban J connectivity index is 1.37. The highest BCUT2D eigenvalue weighted by atomic mass is 32.2. The van der Waals surface area contributed by atoms with Gasteiger partial charge < -0.3 is 0 Å². The fourth-order valence-electron chi connectivity index (χ4n) is 2.81. The average molecular weight is 414 g/mol. The molecule has 1 aromatic carbocycles. The maximum Gasteiger partial charge on any atom is 0.240 e. The lowest BCUT2D eigenvalue weighted by molar-refractivity contribution is 0.582. The van der Waals surface area contributed by atoms with E-state index >= 15 is 0 Å². The van der Waals surface area contributed by atoms with E-state index in [1.54, 1.807) is 51.2 Å². The largest absolute Gasteiger partial charge is 0.275 e. The summed E-state index contributed by atoms with van der Waals surface area (Å²) in [6.45, 7) is 0.343. The number of aryl methyl sites for hydroxylation is 1. The molecule has 0 aliphatic carbocycles. The Morgan fingerprint density at radius 1 is 1.11 bits per heavy atom. The first kappa shape index (κ1) is 18.6. The third-order valence-corrected chi connectivity index (χ3v) is 6.90. The first-order valence-corrected chi connectivity index (χ1v) is 11.0. The quantitative estimate of drug-likeness (QED) is 0.505. The lowest BCUT2D eigenvalue weighted by atomic mass is 10.3. The summed E-state index contributed by atoms with van der Waals surface area (Å²) in [6.07, 6.45) is 7.91. The molecule has 0 spiro atoms. The number of hydrogen-bond donors (Lipinski definition) is 1. The van der Waals surface area contributed by atoms with Crippen LogP contribution in [0.15, 0.2) is 72.1 Å². The Hall–Kier alpha value is -2.75. The van der Waals surface area contributed by atoms with Crippen molar-refractivity contribution in [3.63, 3.8) is 0 Å². The van der Waals surface area contributed by atoms with E-state index in [2.05, 4.69) is 14.9 Å². The number of thiophene rings is 1. The SMILES string of the molecule is Cn1cc(-c2ccc(CCNS(=O)(=O)c3ccc(-n4cccn4)cc3)s2)cn1. The van der Waals surface area contributed by atoms with Crippen molar-refractivity contribution in [3.8, 4) is 16.1 Å². The summed E-state index contributed by atoms with van der Waals surface area (Å²) < 4.78 is 31.1. The van der Waals surface area contributed by atoms with Gasteiger partial charge in [0.15, 0.2) is 0 Å². The van der Waals surface area contributed by atoms with Gasteiger partial charge in [0.25, 0.3) is 0 Å². The van der Waals surface area contributed by atoms with Crippen LogP contribution in [0.3, 0.4) is 0 Å². The van der Waals surface area contributed by atoms with E-state index < -0.39 is 10.0 Å². The molecule has 0 fully saturated rings. The molecule has 0 radical (unpaired) electrons. The zero-order valence-electron chi connectivity index (χ0n) is 15.2. The zero-order chi connectivity index (χ0) is 19.6. The van der Waals surface area contributed by atoms with Gasteiger partial charge in [0.2, 0.25) is 10.0 Å². The number of sulfonamides is 1. The second-order valence-electron chi connectivity index (χ2n) is 6.26. The zero-order valence-corrected chi connectivity index (χ0v) is 16.8. The second-order valence-corrected chi connectivity index (χ2v) is 9.20. The molecule has 0 aliphatic heterocycles. The summed E-state index contributed by atoms with van der Waals surface area (Å²) >= 11 is 1.65. The fraction of sp³-hybridized carbons (Fsp3) is 0.158. The van der Waals surface area contributed by atoms with Crippen molar-refractivity contribution >= 4 is 21.4 Å². The molecule has 0 saturated heterocycles. The van der Waals surface area contributed by atoms with E-state index in [1.807, 2.05) is 43.8 Å². The Bertz CT molecular complexity index is 1160. The first-order valence-electron chi connectivity index (χ1n) is 8.69. The maximum absolute atomic E-state index is 12.5. The van der Waals surface area contributed by atoms with Crippen LogP contribution in [0.1, 0.15) is 4.88 Å². The van der Waals surface area contributed by atoms with Crippen LogP contribution in [0.4, 0.5) is 0 Å². The number of nitrogens with one attached hydrogen (secondary N) is 1. The van der Waals surface area contributed by atoms with E-state index in [4.69, 9.17) is 0 Å². The molecule has 4 rings (SSSR count). The predicted octanol–water partition coefficient (Wildman–Crippen LogP) is 2.86. The van der Waals surface area contributed by atoms with Crippen LogP contribution in [0.25, 0.3) is 16.1 Å². The standard InChI is InChI=1S/C19H19N5O2S2/c1-23-14-15(13-21-23)19-8-5-17(27-19)9-11-22-28(25,26)18-6-3-16(4-7-18)24-12-2-10-20-24/h2-8,10,12-14,22H,9,11H2,1H3. The van der Waals surface area contributed by atoms with Gasteiger partial charge in [0.1, 0.15) is 0 Å². The molecule has 0 bridgehead atoms. The van der Waals surface area contributed by atoms with E-state index in [9.17, 15) is 8.42 Å². The Labute approximate surface area is 167 Å². The fourth-order valence-corrected chi connectivity index (χ4v) is 4.82. The molecule has 0 saturated carbocycles. The molecule has 7 nitrogen and oxygen atoms in total. The molecule has 3 heterocycles. The Morgan fingerprint density at radius 3 is 2.61 bits per heavy atom. The smallest absolute Gasteiger partial charge is 0.240 e. The highest BCUT2D eigenvalue weighted by molar-refractivity contribution is 7.89. The molecule has 0 amide bonds. The number of hydrogen-bond acceptors (Lipinski definition) is 5. The molecule has 28 heavy (non-hydrogen) atoms. The van der Waals surface area contributed by atoms with Gasteiger partial charge in [-0.05, 0) is 48.9 Å². The lowest BCUT2D eigenvalue weighted by Gasteiger charge is -2.07. The molecule has 0 unspecified atom stereocenters. The van der Waals surface area contributed by atoms with E-state index in [1.165, 1.54) is 0 Å². The maximum atomic E-state index is 12.5. The van der Waals surface area contributed by atoms with Crippen LogP contribution in [-0.4, -0.2) is 34.5 Å². The van der Waals surface area contributed by atoms with Gasteiger partial charge in [-0.2, -0.15) is 10.2 Å². The van der Waals surface area contributed by atoms with Gasteiger partial charge in [-0.3, -0.25) is 4.68 Å². The van der Waals surface area contributed by atoms with Crippen LogP contribution >= 0.6 is 11.3 Å².